The van der Waals surface area contributed by atoms with Gasteiger partial charge in [0, 0.05) is 49.8 Å². The topological polar surface area (TPSA) is 61.7 Å². The van der Waals surface area contributed by atoms with E-state index in [1.807, 2.05) is 0 Å². The van der Waals surface area contributed by atoms with Crippen LogP contribution in [-0.4, -0.2) is 60.1 Å². The highest BCUT2D eigenvalue weighted by Gasteiger charge is 2.42. The normalized spacial score (nSPS) is 25.8. The van der Waals surface area contributed by atoms with Crippen LogP contribution < -0.4 is 9.80 Å². The number of thiophene rings is 1. The number of aliphatic hydroxyl groups excluding tert-OH is 1. The van der Waals surface area contributed by atoms with E-state index in [0.717, 1.165) is 74.8 Å². The Labute approximate surface area is 199 Å². The summed E-state index contributed by atoms with van der Waals surface area (Å²) in [6.07, 6.45) is 5.97. The van der Waals surface area contributed by atoms with Gasteiger partial charge in [-0.1, -0.05) is 30.3 Å². The van der Waals surface area contributed by atoms with Gasteiger partial charge < -0.3 is 19.6 Å². The van der Waals surface area contributed by atoms with E-state index in [9.17, 15) is 5.11 Å². The second-order valence-electron chi connectivity index (χ2n) is 9.85. The van der Waals surface area contributed by atoms with Gasteiger partial charge in [0.2, 0.25) is 5.95 Å². The first-order chi connectivity index (χ1) is 16.2. The first-order valence-electron chi connectivity index (χ1n) is 12.3. The van der Waals surface area contributed by atoms with Gasteiger partial charge in [0.15, 0.2) is 0 Å². The summed E-state index contributed by atoms with van der Waals surface area (Å²) in [5.74, 6) is 2.56. The maximum Gasteiger partial charge on any atom is 0.229 e. The third-order valence-electron chi connectivity index (χ3n) is 7.74. The van der Waals surface area contributed by atoms with Crippen molar-refractivity contribution in [1.29, 1.82) is 0 Å². The summed E-state index contributed by atoms with van der Waals surface area (Å²) < 4.78 is 5.43. The van der Waals surface area contributed by atoms with E-state index in [0.29, 0.717) is 18.0 Å². The molecule has 3 aliphatic rings. The van der Waals surface area contributed by atoms with Crippen molar-refractivity contribution in [3.8, 4) is 11.1 Å². The van der Waals surface area contributed by atoms with Crippen molar-refractivity contribution >= 4 is 33.3 Å². The van der Waals surface area contributed by atoms with Gasteiger partial charge in [0.05, 0.1) is 11.5 Å². The molecule has 1 aromatic carbocycles. The van der Waals surface area contributed by atoms with Gasteiger partial charge in [0.1, 0.15) is 10.6 Å². The lowest BCUT2D eigenvalue weighted by atomic mass is 9.97. The minimum absolute atomic E-state index is 0.187. The van der Waals surface area contributed by atoms with E-state index < -0.39 is 0 Å². The second-order valence-corrected chi connectivity index (χ2v) is 10.7. The van der Waals surface area contributed by atoms with Crippen LogP contribution in [0, 0.1) is 5.92 Å². The molecular formula is C26H32N4O2S. The maximum absolute atomic E-state index is 10.3. The van der Waals surface area contributed by atoms with Crippen LogP contribution >= 0.6 is 11.3 Å². The summed E-state index contributed by atoms with van der Waals surface area (Å²) in [6, 6.07) is 11.3. The number of rotatable bonds is 5. The number of benzene rings is 1. The Kier molecular flexibility index (Phi) is 5.72. The molecule has 2 atom stereocenters. The highest BCUT2D eigenvalue weighted by atomic mass is 32.1. The summed E-state index contributed by atoms with van der Waals surface area (Å²) in [5, 5.41) is 13.7. The maximum atomic E-state index is 10.3. The fourth-order valence-corrected chi connectivity index (χ4v) is 7.05. The lowest BCUT2D eigenvalue weighted by Crippen LogP contribution is -2.46. The summed E-state index contributed by atoms with van der Waals surface area (Å²) in [5.41, 5.74) is 2.45. The Hall–Kier alpha value is -2.22. The molecule has 3 fully saturated rings. The Bertz CT molecular complexity index is 1100. The molecule has 5 heterocycles. The minimum Gasteiger partial charge on any atom is -0.393 e. The fourth-order valence-electron chi connectivity index (χ4n) is 6.11. The zero-order valence-electron chi connectivity index (χ0n) is 19.2. The first-order valence-corrected chi connectivity index (χ1v) is 13.1. The number of aromatic nitrogens is 2. The van der Waals surface area contributed by atoms with Crippen LogP contribution in [0.2, 0.25) is 0 Å². The van der Waals surface area contributed by atoms with Crippen molar-refractivity contribution in [3.63, 3.8) is 0 Å². The Morgan fingerprint density at radius 1 is 1.03 bits per heavy atom. The molecule has 174 valence electrons. The highest BCUT2D eigenvalue weighted by Crippen LogP contribution is 2.43. The number of hydrogen-bond acceptors (Lipinski definition) is 7. The van der Waals surface area contributed by atoms with Gasteiger partial charge in [-0.05, 0) is 50.0 Å². The Morgan fingerprint density at radius 3 is 2.45 bits per heavy atom. The molecule has 33 heavy (non-hydrogen) atoms. The van der Waals surface area contributed by atoms with Crippen molar-refractivity contribution in [1.82, 2.24) is 9.97 Å². The van der Waals surface area contributed by atoms with Gasteiger partial charge in [-0.25, -0.2) is 4.98 Å². The zero-order valence-corrected chi connectivity index (χ0v) is 20.0. The van der Waals surface area contributed by atoms with E-state index in [2.05, 4.69) is 45.5 Å². The van der Waals surface area contributed by atoms with Crippen molar-refractivity contribution < 1.29 is 9.84 Å². The van der Waals surface area contributed by atoms with Crippen LogP contribution in [0.3, 0.4) is 0 Å². The fraction of sp³-hybridized carbons (Fsp3) is 0.538. The summed E-state index contributed by atoms with van der Waals surface area (Å²) in [6.45, 7) is 2.83. The Morgan fingerprint density at radius 2 is 1.76 bits per heavy atom. The van der Waals surface area contributed by atoms with Gasteiger partial charge in [0.25, 0.3) is 0 Å². The number of fused-ring (bicyclic) bond motifs is 3. The van der Waals surface area contributed by atoms with Crippen LogP contribution in [0.5, 0.6) is 0 Å². The molecule has 0 aliphatic carbocycles. The molecule has 2 aromatic heterocycles. The van der Waals surface area contributed by atoms with E-state index in [4.69, 9.17) is 14.7 Å². The number of piperidine rings is 2. The average molecular weight is 465 g/mol. The SMILES string of the molecule is COCC1CCN(c2nc(N3C4CCC3CC(O)C4)nc3scc(-c4ccccc4)c23)CC1. The molecule has 0 amide bonds. The smallest absolute Gasteiger partial charge is 0.229 e. The molecule has 0 radical (unpaired) electrons. The van der Waals surface area contributed by atoms with E-state index in [-0.39, 0.29) is 6.10 Å². The zero-order chi connectivity index (χ0) is 22.4. The molecule has 6 rings (SSSR count). The third kappa shape index (κ3) is 3.90. The summed E-state index contributed by atoms with van der Waals surface area (Å²) >= 11 is 1.72. The van der Waals surface area contributed by atoms with Crippen LogP contribution in [0.25, 0.3) is 21.3 Å². The number of methoxy groups -OCH3 is 1. The molecular weight excluding hydrogens is 432 g/mol. The predicted octanol–water partition coefficient (Wildman–Crippen LogP) is 4.71. The number of nitrogens with zero attached hydrogens (tertiary/aromatic N) is 4. The number of aliphatic hydroxyl groups is 1. The molecule has 0 spiro atoms. The molecule has 2 bridgehead atoms. The molecule has 7 heteroatoms. The van der Waals surface area contributed by atoms with Crippen molar-refractivity contribution in [2.45, 2.75) is 56.7 Å². The van der Waals surface area contributed by atoms with Crippen molar-refractivity contribution in [3.05, 3.63) is 35.7 Å². The van der Waals surface area contributed by atoms with Gasteiger partial charge in [-0.2, -0.15) is 4.98 Å². The van der Waals surface area contributed by atoms with E-state index in [1.165, 1.54) is 16.5 Å². The average Bonchev–Trinajstić information content (AvgIpc) is 3.38. The lowest BCUT2D eigenvalue weighted by Gasteiger charge is -2.38. The largest absolute Gasteiger partial charge is 0.393 e. The van der Waals surface area contributed by atoms with Crippen LogP contribution in [0.4, 0.5) is 11.8 Å². The number of ether oxygens (including phenoxy) is 1. The van der Waals surface area contributed by atoms with Crippen molar-refractivity contribution in [2.75, 3.05) is 36.6 Å². The molecule has 3 aliphatic heterocycles. The minimum atomic E-state index is -0.187. The highest BCUT2D eigenvalue weighted by molar-refractivity contribution is 7.17. The van der Waals surface area contributed by atoms with Crippen molar-refractivity contribution in [2.24, 2.45) is 5.92 Å². The quantitative estimate of drug-likeness (QED) is 0.590. The molecule has 1 N–H and O–H groups in total. The number of hydrogen-bond donors (Lipinski definition) is 1. The van der Waals surface area contributed by atoms with Crippen LogP contribution in [-0.2, 0) is 4.74 Å². The standard InChI is InChI=1S/C26H32N4O2S/c1-32-15-17-9-11-29(12-10-17)24-23-22(18-5-3-2-4-6-18)16-33-25(23)28-26(27-24)30-19-7-8-20(30)14-21(31)13-19/h2-6,16-17,19-21,31H,7-15H2,1H3. The molecule has 0 saturated carbocycles. The van der Waals surface area contributed by atoms with Gasteiger partial charge >= 0.3 is 0 Å². The van der Waals surface area contributed by atoms with E-state index >= 15 is 0 Å². The van der Waals surface area contributed by atoms with Crippen LogP contribution in [0.1, 0.15) is 38.5 Å². The van der Waals surface area contributed by atoms with Gasteiger partial charge in [-0.15, -0.1) is 11.3 Å². The molecule has 2 unspecified atom stereocenters. The molecule has 3 aromatic rings. The summed E-state index contributed by atoms with van der Waals surface area (Å²) in [7, 11) is 1.80. The monoisotopic (exact) mass is 464 g/mol. The Balaban J connectivity index is 1.43. The summed E-state index contributed by atoms with van der Waals surface area (Å²) in [4.78, 5) is 16.4. The van der Waals surface area contributed by atoms with Gasteiger partial charge in [-0.3, -0.25) is 0 Å². The molecule has 3 saturated heterocycles. The van der Waals surface area contributed by atoms with Crippen LogP contribution in [0.15, 0.2) is 35.7 Å². The lowest BCUT2D eigenvalue weighted by molar-refractivity contribution is 0.125. The van der Waals surface area contributed by atoms with E-state index in [1.54, 1.807) is 18.4 Å². The molecule has 6 nitrogen and oxygen atoms in total. The predicted molar refractivity (Wildman–Crippen MR) is 134 cm³/mol. The first kappa shape index (κ1) is 21.3. The third-order valence-corrected chi connectivity index (χ3v) is 8.62. The number of anilines is 2. The second kappa shape index (κ2) is 8.85.